The van der Waals surface area contributed by atoms with Gasteiger partial charge < -0.3 is 14.4 Å². The first-order chi connectivity index (χ1) is 9.85. The Morgan fingerprint density at radius 2 is 2.00 bits per heavy atom. The van der Waals surface area contributed by atoms with E-state index in [2.05, 4.69) is 0 Å². The summed E-state index contributed by atoms with van der Waals surface area (Å²) in [4.78, 5) is 13.3. The summed E-state index contributed by atoms with van der Waals surface area (Å²) in [6, 6.07) is 8.71. The molecule has 0 fully saturated rings. The van der Waals surface area contributed by atoms with Crippen molar-refractivity contribution in [3.8, 4) is 23.6 Å². The Hall–Kier alpha value is -2.73. The van der Waals surface area contributed by atoms with Crippen LogP contribution in [-0.2, 0) is 4.79 Å². The number of rotatable bonds is 5. The Kier molecular flexibility index (Phi) is 5.15. The van der Waals surface area contributed by atoms with Gasteiger partial charge in [-0.15, -0.1) is 0 Å². The molecule has 0 saturated carbocycles. The number of methoxy groups -OCH3 is 1. The first-order valence-corrected chi connectivity index (χ1v) is 6.24. The van der Waals surface area contributed by atoms with Gasteiger partial charge in [0.15, 0.2) is 18.1 Å². The summed E-state index contributed by atoms with van der Waals surface area (Å²) >= 11 is 0. The van der Waals surface area contributed by atoms with E-state index in [0.717, 1.165) is 0 Å². The molecule has 1 amide bonds. The van der Waals surface area contributed by atoms with E-state index in [4.69, 9.17) is 20.0 Å². The van der Waals surface area contributed by atoms with Gasteiger partial charge in [0.05, 0.1) is 24.8 Å². The van der Waals surface area contributed by atoms with Gasteiger partial charge in [-0.05, 0) is 26.0 Å². The van der Waals surface area contributed by atoms with Crippen LogP contribution in [-0.4, -0.2) is 37.1 Å². The van der Waals surface area contributed by atoms with E-state index in [0.29, 0.717) is 17.1 Å². The normalized spacial score (nSPS) is 10.2. The second-order valence-corrected chi connectivity index (χ2v) is 4.89. The highest BCUT2D eigenvalue weighted by Gasteiger charge is 2.27. The van der Waals surface area contributed by atoms with Crippen molar-refractivity contribution < 1.29 is 14.3 Å². The molecule has 6 nitrogen and oxygen atoms in total. The second-order valence-electron chi connectivity index (χ2n) is 4.89. The van der Waals surface area contributed by atoms with Gasteiger partial charge in [-0.1, -0.05) is 0 Å². The van der Waals surface area contributed by atoms with E-state index in [-0.39, 0.29) is 12.5 Å². The van der Waals surface area contributed by atoms with Crippen LogP contribution in [0, 0.1) is 22.7 Å². The van der Waals surface area contributed by atoms with Crippen molar-refractivity contribution in [1.82, 2.24) is 4.90 Å². The van der Waals surface area contributed by atoms with Crippen LogP contribution in [0.25, 0.3) is 0 Å². The van der Waals surface area contributed by atoms with E-state index >= 15 is 0 Å². The Morgan fingerprint density at radius 3 is 2.52 bits per heavy atom. The monoisotopic (exact) mass is 287 g/mol. The molecule has 0 aromatic heterocycles. The number of nitriles is 2. The SMILES string of the molecule is COc1cc(C#N)ccc1OCC(=O)N(C)C(C)(C)C#N. The topological polar surface area (TPSA) is 86.3 Å². The molecule has 1 rings (SSSR count). The summed E-state index contributed by atoms with van der Waals surface area (Å²) in [5, 5.41) is 17.8. The van der Waals surface area contributed by atoms with Gasteiger partial charge in [0.2, 0.25) is 0 Å². The minimum atomic E-state index is -0.908. The summed E-state index contributed by atoms with van der Waals surface area (Å²) in [5.74, 6) is 0.421. The molecule has 0 unspecified atom stereocenters. The number of hydrogen-bond acceptors (Lipinski definition) is 5. The average Bonchev–Trinajstić information content (AvgIpc) is 2.51. The zero-order valence-electron chi connectivity index (χ0n) is 12.5. The van der Waals surface area contributed by atoms with Gasteiger partial charge in [0, 0.05) is 13.1 Å². The molecule has 0 heterocycles. The number of carbonyl (C=O) groups is 1. The Bertz CT molecular complexity index is 612. The fourth-order valence-corrected chi connectivity index (χ4v) is 1.48. The Labute approximate surface area is 124 Å². The number of likely N-dealkylation sites (N-methyl/N-ethyl adjacent to an activating group) is 1. The number of ether oxygens (including phenoxy) is 2. The number of carbonyl (C=O) groups excluding carboxylic acids is 1. The molecule has 0 radical (unpaired) electrons. The summed E-state index contributed by atoms with van der Waals surface area (Å²) in [6.07, 6.45) is 0. The van der Waals surface area contributed by atoms with Crippen LogP contribution in [0.4, 0.5) is 0 Å². The fourth-order valence-electron chi connectivity index (χ4n) is 1.48. The average molecular weight is 287 g/mol. The van der Waals surface area contributed by atoms with Gasteiger partial charge in [-0.2, -0.15) is 10.5 Å². The highest BCUT2D eigenvalue weighted by Crippen LogP contribution is 2.27. The molecule has 0 aliphatic carbocycles. The van der Waals surface area contributed by atoms with Gasteiger partial charge in [0.1, 0.15) is 5.54 Å². The van der Waals surface area contributed by atoms with Gasteiger partial charge in [-0.25, -0.2) is 0 Å². The maximum absolute atomic E-state index is 12.0. The zero-order valence-corrected chi connectivity index (χ0v) is 12.5. The molecule has 0 aliphatic heterocycles. The van der Waals surface area contributed by atoms with Crippen molar-refractivity contribution in [2.75, 3.05) is 20.8 Å². The molecule has 21 heavy (non-hydrogen) atoms. The summed E-state index contributed by atoms with van der Waals surface area (Å²) in [6.45, 7) is 3.07. The lowest BCUT2D eigenvalue weighted by Gasteiger charge is -2.29. The summed E-state index contributed by atoms with van der Waals surface area (Å²) in [7, 11) is 3.00. The van der Waals surface area contributed by atoms with E-state index in [9.17, 15) is 4.79 Å². The predicted molar refractivity (Wildman–Crippen MR) is 75.7 cm³/mol. The van der Waals surface area contributed by atoms with Crippen molar-refractivity contribution in [1.29, 1.82) is 10.5 Å². The van der Waals surface area contributed by atoms with Crippen LogP contribution < -0.4 is 9.47 Å². The second kappa shape index (κ2) is 6.62. The molecule has 0 spiro atoms. The first-order valence-electron chi connectivity index (χ1n) is 6.24. The quantitative estimate of drug-likeness (QED) is 0.822. The van der Waals surface area contributed by atoms with E-state index in [1.54, 1.807) is 33.0 Å². The number of benzene rings is 1. The number of amides is 1. The lowest BCUT2D eigenvalue weighted by atomic mass is 10.1. The van der Waals surface area contributed by atoms with E-state index < -0.39 is 5.54 Å². The van der Waals surface area contributed by atoms with Gasteiger partial charge >= 0.3 is 0 Å². The van der Waals surface area contributed by atoms with Crippen LogP contribution in [0.5, 0.6) is 11.5 Å². The third-order valence-corrected chi connectivity index (χ3v) is 3.13. The van der Waals surface area contributed by atoms with Crippen molar-refractivity contribution >= 4 is 5.91 Å². The molecule has 0 N–H and O–H groups in total. The molecular weight excluding hydrogens is 270 g/mol. The smallest absolute Gasteiger partial charge is 0.261 e. The standard InChI is InChI=1S/C15H17N3O3/c1-15(2,10-17)18(3)14(19)9-21-12-6-5-11(8-16)7-13(12)20-4/h5-7H,9H2,1-4H3. The maximum Gasteiger partial charge on any atom is 0.261 e. The number of hydrogen-bond donors (Lipinski definition) is 0. The molecule has 0 aliphatic rings. The highest BCUT2D eigenvalue weighted by atomic mass is 16.5. The van der Waals surface area contributed by atoms with Gasteiger partial charge in [-0.3, -0.25) is 4.79 Å². The lowest BCUT2D eigenvalue weighted by molar-refractivity contribution is -0.135. The Balaban J connectivity index is 2.79. The molecular formula is C15H17N3O3. The van der Waals surface area contributed by atoms with E-state index in [1.165, 1.54) is 18.1 Å². The zero-order chi connectivity index (χ0) is 16.0. The van der Waals surface area contributed by atoms with Crippen molar-refractivity contribution in [2.24, 2.45) is 0 Å². The summed E-state index contributed by atoms with van der Waals surface area (Å²) < 4.78 is 10.5. The molecule has 0 atom stereocenters. The van der Waals surface area contributed by atoms with Crippen LogP contribution in [0.3, 0.4) is 0 Å². The lowest BCUT2D eigenvalue weighted by Crippen LogP contribution is -2.45. The maximum atomic E-state index is 12.0. The molecule has 110 valence electrons. The van der Waals surface area contributed by atoms with Crippen molar-refractivity contribution in [3.63, 3.8) is 0 Å². The minimum Gasteiger partial charge on any atom is -0.493 e. The van der Waals surface area contributed by atoms with Crippen LogP contribution >= 0.6 is 0 Å². The largest absolute Gasteiger partial charge is 0.493 e. The van der Waals surface area contributed by atoms with Crippen molar-refractivity contribution in [3.05, 3.63) is 23.8 Å². The van der Waals surface area contributed by atoms with Crippen LogP contribution in [0.15, 0.2) is 18.2 Å². The molecule has 1 aromatic rings. The van der Waals surface area contributed by atoms with Crippen molar-refractivity contribution in [2.45, 2.75) is 19.4 Å². The molecule has 6 heteroatoms. The fraction of sp³-hybridized carbons (Fsp3) is 0.400. The minimum absolute atomic E-state index is 0.218. The predicted octanol–water partition coefficient (Wildman–Crippen LogP) is 1.71. The van der Waals surface area contributed by atoms with Gasteiger partial charge in [0.25, 0.3) is 5.91 Å². The third kappa shape index (κ3) is 3.87. The van der Waals surface area contributed by atoms with Crippen LogP contribution in [0.1, 0.15) is 19.4 Å². The highest BCUT2D eigenvalue weighted by molar-refractivity contribution is 5.78. The third-order valence-electron chi connectivity index (χ3n) is 3.13. The summed E-state index contributed by atoms with van der Waals surface area (Å²) in [5.41, 5.74) is -0.469. The Morgan fingerprint density at radius 1 is 1.33 bits per heavy atom. The molecule has 0 bridgehead atoms. The molecule has 0 saturated heterocycles. The first kappa shape index (κ1) is 16.3. The number of nitrogens with zero attached hydrogens (tertiary/aromatic N) is 3. The van der Waals surface area contributed by atoms with E-state index in [1.807, 2.05) is 12.1 Å². The molecule has 1 aromatic carbocycles. The van der Waals surface area contributed by atoms with Crippen LogP contribution in [0.2, 0.25) is 0 Å².